The van der Waals surface area contributed by atoms with Crippen LogP contribution in [0.1, 0.15) is 33.1 Å². The molecule has 0 aromatic rings. The van der Waals surface area contributed by atoms with E-state index in [2.05, 4.69) is 17.2 Å². The van der Waals surface area contributed by atoms with Gasteiger partial charge in [0.2, 0.25) is 5.91 Å². The maximum Gasteiger partial charge on any atom is 0.318 e. The monoisotopic (exact) mass is 306 g/mol. The van der Waals surface area contributed by atoms with Gasteiger partial charge in [0, 0.05) is 13.1 Å². The molecule has 0 bridgehead atoms. The number of carbonyl (C=O) groups excluding carboxylic acids is 2. The van der Waals surface area contributed by atoms with Crippen molar-refractivity contribution in [2.24, 2.45) is 11.8 Å². The first kappa shape index (κ1) is 18.0. The summed E-state index contributed by atoms with van der Waals surface area (Å²) >= 11 is 0. The molecule has 0 spiro atoms. The van der Waals surface area contributed by atoms with Gasteiger partial charge in [-0.25, -0.2) is 4.79 Å². The highest BCUT2D eigenvalue weighted by molar-refractivity contribution is 5.87. The Morgan fingerprint density at radius 3 is 2.55 bits per heavy atom. The average Bonchev–Trinajstić information content (AvgIpc) is 2.51. The maximum absolute atomic E-state index is 12.3. The topological polar surface area (TPSA) is 85.2 Å². The summed E-state index contributed by atoms with van der Waals surface area (Å²) in [6.45, 7) is 9.08. The molecule has 1 rings (SSSR count). The summed E-state index contributed by atoms with van der Waals surface area (Å²) in [6, 6.07) is 1.06. The van der Waals surface area contributed by atoms with Crippen molar-refractivity contribution in [3.8, 4) is 6.07 Å². The Labute approximate surface area is 132 Å². The Morgan fingerprint density at radius 1 is 1.41 bits per heavy atom. The predicted octanol–water partition coefficient (Wildman–Crippen LogP) is 1.65. The van der Waals surface area contributed by atoms with Crippen molar-refractivity contribution in [2.45, 2.75) is 39.2 Å². The highest BCUT2D eigenvalue weighted by Gasteiger charge is 2.26. The summed E-state index contributed by atoms with van der Waals surface area (Å²) in [6.07, 6.45) is 4.30. The first-order valence-corrected chi connectivity index (χ1v) is 7.80. The second kappa shape index (κ2) is 9.08. The quantitative estimate of drug-likeness (QED) is 0.578. The largest absolute Gasteiger partial charge is 0.341 e. The average molecular weight is 306 g/mol. The van der Waals surface area contributed by atoms with E-state index in [1.165, 1.54) is 0 Å². The second-order valence-electron chi connectivity index (χ2n) is 6.07. The van der Waals surface area contributed by atoms with Crippen molar-refractivity contribution < 1.29 is 9.59 Å². The maximum atomic E-state index is 12.3. The van der Waals surface area contributed by atoms with Crippen molar-refractivity contribution in [1.82, 2.24) is 15.5 Å². The van der Waals surface area contributed by atoms with E-state index in [-0.39, 0.29) is 24.4 Å². The van der Waals surface area contributed by atoms with Crippen LogP contribution in [0.25, 0.3) is 0 Å². The van der Waals surface area contributed by atoms with E-state index in [9.17, 15) is 9.59 Å². The number of nitriles is 1. The molecule has 22 heavy (non-hydrogen) atoms. The number of nitrogens with one attached hydrogen (secondary N) is 2. The molecule has 122 valence electrons. The van der Waals surface area contributed by atoms with Crippen LogP contribution >= 0.6 is 0 Å². The lowest BCUT2D eigenvalue weighted by Crippen LogP contribution is -2.53. The van der Waals surface area contributed by atoms with Crippen LogP contribution in [0.2, 0.25) is 0 Å². The zero-order chi connectivity index (χ0) is 16.5. The number of piperidine rings is 1. The first-order chi connectivity index (χ1) is 10.5. The fourth-order valence-corrected chi connectivity index (χ4v) is 2.53. The Balaban J connectivity index is 2.57. The van der Waals surface area contributed by atoms with E-state index in [4.69, 9.17) is 5.26 Å². The number of allylic oxidation sites excluding steroid dienone is 1. The summed E-state index contributed by atoms with van der Waals surface area (Å²) in [5, 5.41) is 13.9. The smallest absolute Gasteiger partial charge is 0.318 e. The van der Waals surface area contributed by atoms with Gasteiger partial charge in [-0.2, -0.15) is 5.26 Å². The van der Waals surface area contributed by atoms with Gasteiger partial charge in [0.05, 0.1) is 6.07 Å². The lowest BCUT2D eigenvalue weighted by atomic mass is 9.97. The Morgan fingerprint density at radius 2 is 2.05 bits per heavy atom. The van der Waals surface area contributed by atoms with Gasteiger partial charge in [-0.05, 0) is 31.1 Å². The van der Waals surface area contributed by atoms with Crippen molar-refractivity contribution >= 4 is 11.9 Å². The fraction of sp³-hybridized carbons (Fsp3) is 0.688. The molecule has 6 nitrogen and oxygen atoms in total. The molecule has 0 radical (unpaired) electrons. The molecule has 2 N–H and O–H groups in total. The minimum absolute atomic E-state index is 0.0476. The number of carbonyl (C=O) groups is 2. The zero-order valence-corrected chi connectivity index (χ0v) is 13.5. The molecular weight excluding hydrogens is 280 g/mol. The number of hydrogen-bond donors (Lipinski definition) is 2. The molecular formula is C16H26N4O2. The normalized spacial score (nSPS) is 16.7. The lowest BCUT2D eigenvalue weighted by molar-refractivity contribution is -0.123. The van der Waals surface area contributed by atoms with Gasteiger partial charge in [-0.1, -0.05) is 19.9 Å². The summed E-state index contributed by atoms with van der Waals surface area (Å²) < 4.78 is 0. The van der Waals surface area contributed by atoms with E-state index in [1.807, 2.05) is 26.0 Å². The molecule has 1 fully saturated rings. The molecule has 1 atom stereocenters. The van der Waals surface area contributed by atoms with Crippen molar-refractivity contribution in [3.63, 3.8) is 0 Å². The molecule has 1 unspecified atom stereocenters. The standard InChI is InChI=1S/C16H26N4O2/c1-4-13-5-9-20(10-6-13)16(22)19-14(11-12(2)3)15(21)18-8-7-17/h4,12-14H,1,5-6,8-11H2,2-3H3,(H,18,21)(H,19,22). The van der Waals surface area contributed by atoms with Crippen molar-refractivity contribution in [2.75, 3.05) is 19.6 Å². The molecule has 3 amide bonds. The molecule has 1 aliphatic heterocycles. The van der Waals surface area contributed by atoms with Crippen LogP contribution < -0.4 is 10.6 Å². The molecule has 0 aliphatic carbocycles. The van der Waals surface area contributed by atoms with Crippen molar-refractivity contribution in [1.29, 1.82) is 5.26 Å². The highest BCUT2D eigenvalue weighted by atomic mass is 16.2. The minimum atomic E-state index is -0.599. The number of amides is 3. The van der Waals surface area contributed by atoms with E-state index in [0.29, 0.717) is 25.4 Å². The summed E-state index contributed by atoms with van der Waals surface area (Å²) in [4.78, 5) is 26.1. The minimum Gasteiger partial charge on any atom is -0.341 e. The summed E-state index contributed by atoms with van der Waals surface area (Å²) in [5.74, 6) is 0.434. The van der Waals surface area contributed by atoms with Crippen LogP contribution in [0.3, 0.4) is 0 Å². The van der Waals surface area contributed by atoms with Crippen LogP contribution in [0.4, 0.5) is 4.79 Å². The number of rotatable bonds is 6. The molecule has 6 heteroatoms. The molecule has 1 saturated heterocycles. The number of nitrogens with zero attached hydrogens (tertiary/aromatic N) is 2. The SMILES string of the molecule is C=CC1CCN(C(=O)NC(CC(C)C)C(=O)NCC#N)CC1. The van der Waals surface area contributed by atoms with E-state index in [0.717, 1.165) is 12.8 Å². The summed E-state index contributed by atoms with van der Waals surface area (Å²) in [7, 11) is 0. The molecule has 0 aromatic carbocycles. The third kappa shape index (κ3) is 5.76. The van der Waals surface area contributed by atoms with Crippen LogP contribution in [0, 0.1) is 23.2 Å². The Kier molecular flexibility index (Phi) is 7.44. The molecule has 1 aliphatic rings. The van der Waals surface area contributed by atoms with E-state index >= 15 is 0 Å². The molecule has 1 heterocycles. The van der Waals surface area contributed by atoms with Gasteiger partial charge in [-0.15, -0.1) is 6.58 Å². The number of hydrogen-bond acceptors (Lipinski definition) is 3. The van der Waals surface area contributed by atoms with Gasteiger partial charge in [0.25, 0.3) is 0 Å². The predicted molar refractivity (Wildman–Crippen MR) is 84.9 cm³/mol. The Hall–Kier alpha value is -2.03. The van der Waals surface area contributed by atoms with Crippen LogP contribution in [-0.4, -0.2) is 42.5 Å². The molecule has 0 aromatic heterocycles. The van der Waals surface area contributed by atoms with Gasteiger partial charge in [0.1, 0.15) is 12.6 Å². The number of likely N-dealkylation sites (tertiary alicyclic amines) is 1. The molecule has 0 saturated carbocycles. The Bertz CT molecular complexity index is 434. The number of urea groups is 1. The van der Waals surface area contributed by atoms with Gasteiger partial charge >= 0.3 is 6.03 Å². The van der Waals surface area contributed by atoms with Gasteiger partial charge in [0.15, 0.2) is 0 Å². The van der Waals surface area contributed by atoms with Gasteiger partial charge < -0.3 is 15.5 Å². The summed E-state index contributed by atoms with van der Waals surface area (Å²) in [5.41, 5.74) is 0. The van der Waals surface area contributed by atoms with Crippen LogP contribution in [0.5, 0.6) is 0 Å². The third-order valence-electron chi connectivity index (χ3n) is 3.82. The first-order valence-electron chi connectivity index (χ1n) is 7.80. The van der Waals surface area contributed by atoms with Gasteiger partial charge in [-0.3, -0.25) is 4.79 Å². The van der Waals surface area contributed by atoms with Crippen molar-refractivity contribution in [3.05, 3.63) is 12.7 Å². The highest BCUT2D eigenvalue weighted by Crippen LogP contribution is 2.18. The third-order valence-corrected chi connectivity index (χ3v) is 3.82. The van der Waals surface area contributed by atoms with Crippen LogP contribution in [-0.2, 0) is 4.79 Å². The van der Waals surface area contributed by atoms with E-state index < -0.39 is 6.04 Å². The van der Waals surface area contributed by atoms with E-state index in [1.54, 1.807) is 4.90 Å². The lowest BCUT2D eigenvalue weighted by Gasteiger charge is -2.32. The second-order valence-corrected chi connectivity index (χ2v) is 6.07. The fourth-order valence-electron chi connectivity index (χ4n) is 2.53. The van der Waals surface area contributed by atoms with Crippen LogP contribution in [0.15, 0.2) is 12.7 Å². The zero-order valence-electron chi connectivity index (χ0n) is 13.5.